The molecule has 2 unspecified atom stereocenters. The number of methoxy groups -OCH3 is 1. The molecule has 0 fully saturated rings. The average molecular weight is 244 g/mol. The zero-order valence-corrected chi connectivity index (χ0v) is 10.1. The zero-order valence-electron chi connectivity index (χ0n) is 10.1. The first-order chi connectivity index (χ1) is 8.10. The number of aliphatic hydroxyl groups excluding tert-OH is 1. The van der Waals surface area contributed by atoms with Crippen LogP contribution >= 0.6 is 0 Å². The smallest absolute Gasteiger partial charge is 0.129 e. The van der Waals surface area contributed by atoms with Crippen molar-refractivity contribution in [3.8, 4) is 0 Å². The number of hydrogen-bond acceptors (Lipinski definition) is 2. The summed E-state index contributed by atoms with van der Waals surface area (Å²) in [5.41, 5.74) is -0.0850. The molecule has 1 rings (SSSR count). The van der Waals surface area contributed by atoms with E-state index in [1.807, 2.05) is 6.92 Å². The van der Waals surface area contributed by atoms with Gasteiger partial charge >= 0.3 is 0 Å². The summed E-state index contributed by atoms with van der Waals surface area (Å²) in [6.07, 6.45) is 0.144. The van der Waals surface area contributed by atoms with Crippen molar-refractivity contribution < 1.29 is 18.6 Å². The molecule has 0 aromatic heterocycles. The van der Waals surface area contributed by atoms with E-state index in [9.17, 15) is 13.9 Å². The topological polar surface area (TPSA) is 29.5 Å². The van der Waals surface area contributed by atoms with Gasteiger partial charge in [-0.15, -0.1) is 0 Å². The van der Waals surface area contributed by atoms with E-state index in [4.69, 9.17) is 4.74 Å². The highest BCUT2D eigenvalue weighted by Crippen LogP contribution is 2.17. The largest absolute Gasteiger partial charge is 0.390 e. The van der Waals surface area contributed by atoms with Gasteiger partial charge in [0.05, 0.1) is 12.2 Å². The third kappa shape index (κ3) is 3.75. The molecule has 0 heterocycles. The summed E-state index contributed by atoms with van der Waals surface area (Å²) in [4.78, 5) is 0. The van der Waals surface area contributed by atoms with Crippen LogP contribution in [0.15, 0.2) is 18.2 Å². The monoisotopic (exact) mass is 244 g/mol. The second-order valence-corrected chi connectivity index (χ2v) is 4.03. The van der Waals surface area contributed by atoms with E-state index >= 15 is 0 Å². The quantitative estimate of drug-likeness (QED) is 0.833. The Bertz CT molecular complexity index is 335. The average Bonchev–Trinajstić information content (AvgIpc) is 2.30. The lowest BCUT2D eigenvalue weighted by atomic mass is 10.00. The van der Waals surface area contributed by atoms with E-state index in [1.165, 1.54) is 25.3 Å². The van der Waals surface area contributed by atoms with Crippen LogP contribution in [0.4, 0.5) is 8.78 Å². The van der Waals surface area contributed by atoms with E-state index in [0.717, 1.165) is 6.42 Å². The summed E-state index contributed by atoms with van der Waals surface area (Å²) >= 11 is 0. The molecule has 0 saturated heterocycles. The van der Waals surface area contributed by atoms with Crippen LogP contribution in [0.2, 0.25) is 0 Å². The molecular formula is C13H18F2O2. The highest BCUT2D eigenvalue weighted by Gasteiger charge is 2.21. The predicted octanol–water partition coefficient (Wildman–Crippen LogP) is 2.68. The van der Waals surface area contributed by atoms with Crippen molar-refractivity contribution in [1.82, 2.24) is 0 Å². The van der Waals surface area contributed by atoms with Crippen molar-refractivity contribution in [1.29, 1.82) is 0 Å². The third-order valence-corrected chi connectivity index (χ3v) is 2.78. The van der Waals surface area contributed by atoms with Gasteiger partial charge in [-0.25, -0.2) is 8.78 Å². The molecule has 0 saturated carbocycles. The standard InChI is InChI=1S/C13H18F2O2/c1-3-5-13(17-2)12(16)8-9-10(14)6-4-7-11(9)15/h4,6-7,12-13,16H,3,5,8H2,1-2H3. The van der Waals surface area contributed by atoms with Crippen LogP contribution in [0, 0.1) is 11.6 Å². The Morgan fingerprint density at radius 3 is 2.35 bits per heavy atom. The Morgan fingerprint density at radius 2 is 1.88 bits per heavy atom. The second kappa shape index (κ2) is 6.67. The summed E-state index contributed by atoms with van der Waals surface area (Å²) in [5.74, 6) is -1.26. The summed E-state index contributed by atoms with van der Waals surface area (Å²) in [5, 5.41) is 9.88. The van der Waals surface area contributed by atoms with Crippen LogP contribution in [0.3, 0.4) is 0 Å². The first-order valence-electron chi connectivity index (χ1n) is 5.73. The highest BCUT2D eigenvalue weighted by molar-refractivity contribution is 5.20. The van der Waals surface area contributed by atoms with E-state index in [1.54, 1.807) is 0 Å². The van der Waals surface area contributed by atoms with Gasteiger partial charge in [-0.1, -0.05) is 19.4 Å². The number of rotatable bonds is 6. The van der Waals surface area contributed by atoms with Crippen molar-refractivity contribution in [2.24, 2.45) is 0 Å². The molecule has 17 heavy (non-hydrogen) atoms. The van der Waals surface area contributed by atoms with Gasteiger partial charge in [-0.05, 0) is 18.6 Å². The maximum absolute atomic E-state index is 13.4. The predicted molar refractivity (Wildman–Crippen MR) is 61.8 cm³/mol. The summed E-state index contributed by atoms with van der Waals surface area (Å²) in [7, 11) is 1.49. The molecular weight excluding hydrogens is 226 g/mol. The van der Waals surface area contributed by atoms with Crippen LogP contribution in [0.1, 0.15) is 25.3 Å². The maximum Gasteiger partial charge on any atom is 0.129 e. The van der Waals surface area contributed by atoms with Crippen LogP contribution in [0.25, 0.3) is 0 Å². The van der Waals surface area contributed by atoms with Gasteiger partial charge < -0.3 is 9.84 Å². The Balaban J connectivity index is 2.76. The van der Waals surface area contributed by atoms with Gasteiger partial charge in [-0.3, -0.25) is 0 Å². The SMILES string of the molecule is CCCC(OC)C(O)Cc1c(F)cccc1F. The van der Waals surface area contributed by atoms with E-state index in [2.05, 4.69) is 0 Å². The van der Waals surface area contributed by atoms with Gasteiger partial charge in [0.15, 0.2) is 0 Å². The minimum absolute atomic E-state index is 0.0724. The third-order valence-electron chi connectivity index (χ3n) is 2.78. The second-order valence-electron chi connectivity index (χ2n) is 4.03. The molecule has 1 N–H and O–H groups in total. The first kappa shape index (κ1) is 14.1. The van der Waals surface area contributed by atoms with Crippen molar-refractivity contribution >= 4 is 0 Å². The molecule has 1 aromatic carbocycles. The summed E-state index contributed by atoms with van der Waals surface area (Å²) in [6.45, 7) is 1.96. The van der Waals surface area contributed by atoms with Crippen LogP contribution in [-0.2, 0) is 11.2 Å². The number of halogens is 2. The van der Waals surface area contributed by atoms with E-state index < -0.39 is 17.7 Å². The molecule has 0 aliphatic carbocycles. The van der Waals surface area contributed by atoms with Crippen molar-refractivity contribution in [3.63, 3.8) is 0 Å². The molecule has 0 aliphatic rings. The summed E-state index contributed by atoms with van der Waals surface area (Å²) in [6, 6.07) is 3.68. The van der Waals surface area contributed by atoms with Crippen molar-refractivity contribution in [2.45, 2.75) is 38.4 Å². The van der Waals surface area contributed by atoms with Crippen molar-refractivity contribution in [2.75, 3.05) is 7.11 Å². The number of aliphatic hydroxyl groups is 1. The Hall–Kier alpha value is -1.00. The van der Waals surface area contributed by atoms with Crippen LogP contribution in [0.5, 0.6) is 0 Å². The minimum atomic E-state index is -0.897. The zero-order chi connectivity index (χ0) is 12.8. The molecule has 1 aromatic rings. The van der Waals surface area contributed by atoms with Gasteiger partial charge in [0.25, 0.3) is 0 Å². The lowest BCUT2D eigenvalue weighted by molar-refractivity contribution is -0.0166. The molecule has 0 amide bonds. The summed E-state index contributed by atoms with van der Waals surface area (Å²) < 4.78 is 31.9. The van der Waals surface area contributed by atoms with Crippen LogP contribution < -0.4 is 0 Å². The molecule has 0 bridgehead atoms. The minimum Gasteiger partial charge on any atom is -0.390 e. The number of hydrogen-bond donors (Lipinski definition) is 1. The molecule has 0 spiro atoms. The van der Waals surface area contributed by atoms with E-state index in [0.29, 0.717) is 6.42 Å². The Morgan fingerprint density at radius 1 is 1.29 bits per heavy atom. The molecule has 0 radical (unpaired) electrons. The van der Waals surface area contributed by atoms with E-state index in [-0.39, 0.29) is 18.1 Å². The molecule has 96 valence electrons. The van der Waals surface area contributed by atoms with Gasteiger partial charge in [0, 0.05) is 19.1 Å². The Kier molecular flexibility index (Phi) is 5.51. The normalized spacial score (nSPS) is 14.6. The van der Waals surface area contributed by atoms with Gasteiger partial charge in [0.2, 0.25) is 0 Å². The highest BCUT2D eigenvalue weighted by atomic mass is 19.1. The van der Waals surface area contributed by atoms with Gasteiger partial charge in [0.1, 0.15) is 11.6 Å². The fourth-order valence-electron chi connectivity index (χ4n) is 1.82. The molecule has 4 heteroatoms. The fourth-order valence-corrected chi connectivity index (χ4v) is 1.82. The lowest BCUT2D eigenvalue weighted by Crippen LogP contribution is -2.30. The van der Waals surface area contributed by atoms with Crippen molar-refractivity contribution in [3.05, 3.63) is 35.4 Å². The lowest BCUT2D eigenvalue weighted by Gasteiger charge is -2.21. The van der Waals surface area contributed by atoms with Gasteiger partial charge in [-0.2, -0.15) is 0 Å². The fraction of sp³-hybridized carbons (Fsp3) is 0.538. The first-order valence-corrected chi connectivity index (χ1v) is 5.73. The maximum atomic E-state index is 13.4. The Labute approximate surface area is 100 Å². The molecule has 2 atom stereocenters. The molecule has 2 nitrogen and oxygen atoms in total. The molecule has 0 aliphatic heterocycles. The number of ether oxygens (including phenoxy) is 1. The van der Waals surface area contributed by atoms with Crippen LogP contribution in [-0.4, -0.2) is 24.4 Å². The number of benzene rings is 1.